The molecule has 2 aromatic carbocycles. The molecule has 110 valence electrons. The highest BCUT2D eigenvalue weighted by atomic mass is 35.5. The molecule has 1 N–H and O–H groups in total. The zero-order chi connectivity index (χ0) is 15.1. The Morgan fingerprint density at radius 3 is 2.43 bits per heavy atom. The summed E-state index contributed by atoms with van der Waals surface area (Å²) in [7, 11) is 0. The summed E-state index contributed by atoms with van der Waals surface area (Å²) >= 11 is 11.8. The topological polar surface area (TPSA) is 15.3 Å². The number of benzene rings is 2. The van der Waals surface area contributed by atoms with Gasteiger partial charge in [-0.2, -0.15) is 0 Å². The average molecular weight is 319 g/mol. The number of para-hydroxylation sites is 2. The molecule has 2 rings (SSSR count). The van der Waals surface area contributed by atoms with E-state index >= 15 is 0 Å². The van der Waals surface area contributed by atoms with E-state index in [0.29, 0.717) is 10.1 Å². The van der Waals surface area contributed by atoms with Crippen LogP contribution in [0, 0.1) is 0 Å². The third-order valence-corrected chi connectivity index (χ3v) is 3.82. The van der Waals surface area contributed by atoms with Crippen molar-refractivity contribution < 1.29 is 0 Å². The summed E-state index contributed by atoms with van der Waals surface area (Å²) in [5.74, 6) is 0. The van der Waals surface area contributed by atoms with Crippen LogP contribution < -0.4 is 10.2 Å². The summed E-state index contributed by atoms with van der Waals surface area (Å²) < 4.78 is 0. The molecule has 0 saturated carbocycles. The Labute approximate surface area is 136 Å². The molecular weight excluding hydrogens is 300 g/mol. The molecule has 0 heterocycles. The molecule has 0 bridgehead atoms. The van der Waals surface area contributed by atoms with E-state index in [1.807, 2.05) is 42.5 Å². The van der Waals surface area contributed by atoms with Gasteiger partial charge < -0.3 is 10.2 Å². The molecule has 0 radical (unpaired) electrons. The molecule has 0 amide bonds. The summed E-state index contributed by atoms with van der Waals surface area (Å²) in [5, 5.41) is 4.58. The Hall–Kier alpha value is -1.58. The van der Waals surface area contributed by atoms with Crippen LogP contribution in [0.1, 0.15) is 19.8 Å². The normalized spacial score (nSPS) is 10.2. The van der Waals surface area contributed by atoms with Crippen LogP contribution in [-0.2, 0) is 0 Å². The third-order valence-electron chi connectivity index (χ3n) is 3.16. The lowest BCUT2D eigenvalue weighted by Gasteiger charge is -2.26. The van der Waals surface area contributed by atoms with Crippen molar-refractivity contribution in [1.29, 1.82) is 0 Å². The van der Waals surface area contributed by atoms with Gasteiger partial charge in [-0.1, -0.05) is 55.3 Å². The molecule has 2 nitrogen and oxygen atoms in total. The highest BCUT2D eigenvalue weighted by Gasteiger charge is 2.12. The number of halogens is 1. The first-order valence-electron chi connectivity index (χ1n) is 7.10. The van der Waals surface area contributed by atoms with Gasteiger partial charge in [0.25, 0.3) is 0 Å². The van der Waals surface area contributed by atoms with Gasteiger partial charge in [-0.25, -0.2) is 0 Å². The molecule has 0 aliphatic heterocycles. The largest absolute Gasteiger partial charge is 0.331 e. The summed E-state index contributed by atoms with van der Waals surface area (Å²) in [6.07, 6.45) is 2.21. The van der Waals surface area contributed by atoms with Crippen molar-refractivity contribution >= 4 is 40.3 Å². The number of hydrogen-bond donors (Lipinski definition) is 1. The van der Waals surface area contributed by atoms with E-state index in [4.69, 9.17) is 23.8 Å². The number of nitrogens with zero attached hydrogens (tertiary/aromatic N) is 1. The first kappa shape index (κ1) is 15.8. The maximum absolute atomic E-state index is 6.18. The Morgan fingerprint density at radius 2 is 1.76 bits per heavy atom. The van der Waals surface area contributed by atoms with Crippen molar-refractivity contribution in [3.05, 3.63) is 59.6 Å². The maximum atomic E-state index is 6.18. The highest BCUT2D eigenvalue weighted by Crippen LogP contribution is 2.22. The van der Waals surface area contributed by atoms with Crippen molar-refractivity contribution in [2.45, 2.75) is 19.8 Å². The van der Waals surface area contributed by atoms with Gasteiger partial charge in [-0.3, -0.25) is 0 Å². The molecule has 0 saturated heterocycles. The molecule has 21 heavy (non-hydrogen) atoms. The van der Waals surface area contributed by atoms with Crippen molar-refractivity contribution in [2.24, 2.45) is 0 Å². The average Bonchev–Trinajstić information content (AvgIpc) is 2.51. The van der Waals surface area contributed by atoms with E-state index in [0.717, 1.165) is 30.8 Å². The SMILES string of the molecule is CCCCN(C(=S)Nc1ccccc1Cl)c1ccccc1. The van der Waals surface area contributed by atoms with Crippen LogP contribution in [0.15, 0.2) is 54.6 Å². The van der Waals surface area contributed by atoms with Crippen LogP contribution in [0.5, 0.6) is 0 Å². The highest BCUT2D eigenvalue weighted by molar-refractivity contribution is 7.80. The number of rotatable bonds is 5. The molecule has 0 aromatic heterocycles. The zero-order valence-electron chi connectivity index (χ0n) is 12.1. The van der Waals surface area contributed by atoms with Crippen molar-refractivity contribution in [1.82, 2.24) is 0 Å². The first-order chi connectivity index (χ1) is 10.2. The van der Waals surface area contributed by atoms with E-state index < -0.39 is 0 Å². The van der Waals surface area contributed by atoms with Crippen molar-refractivity contribution in [3.8, 4) is 0 Å². The minimum atomic E-state index is 0.669. The molecular formula is C17H19ClN2S. The van der Waals surface area contributed by atoms with Gasteiger partial charge in [-0.15, -0.1) is 0 Å². The predicted octanol–water partition coefficient (Wildman–Crippen LogP) is 5.34. The van der Waals surface area contributed by atoms with Gasteiger partial charge in [0, 0.05) is 12.2 Å². The summed E-state index contributed by atoms with van der Waals surface area (Å²) in [6, 6.07) is 17.8. The molecule has 2 aromatic rings. The minimum absolute atomic E-state index is 0.669. The van der Waals surface area contributed by atoms with Crippen molar-refractivity contribution in [2.75, 3.05) is 16.8 Å². The predicted molar refractivity (Wildman–Crippen MR) is 96.4 cm³/mol. The zero-order valence-corrected chi connectivity index (χ0v) is 13.6. The standard InChI is InChI=1S/C17H19ClN2S/c1-2-3-13-20(14-9-5-4-6-10-14)17(21)19-16-12-8-7-11-15(16)18/h4-12H,2-3,13H2,1H3,(H,19,21). The summed E-state index contributed by atoms with van der Waals surface area (Å²) in [4.78, 5) is 2.11. The Kier molecular flexibility index (Phi) is 6.03. The van der Waals surface area contributed by atoms with Gasteiger partial charge in [0.05, 0.1) is 10.7 Å². The van der Waals surface area contributed by atoms with Crippen LogP contribution in [0.2, 0.25) is 5.02 Å². The number of hydrogen-bond acceptors (Lipinski definition) is 1. The van der Waals surface area contributed by atoms with E-state index in [1.54, 1.807) is 0 Å². The lowest BCUT2D eigenvalue weighted by molar-refractivity contribution is 0.797. The fourth-order valence-electron chi connectivity index (χ4n) is 2.02. The smallest absolute Gasteiger partial charge is 0.177 e. The molecule has 0 aliphatic carbocycles. The third kappa shape index (κ3) is 4.45. The number of nitrogens with one attached hydrogen (secondary N) is 1. The Balaban J connectivity index is 2.17. The second-order valence-corrected chi connectivity index (χ2v) is 5.54. The molecule has 0 unspecified atom stereocenters. The lowest BCUT2D eigenvalue weighted by Crippen LogP contribution is -2.35. The maximum Gasteiger partial charge on any atom is 0.177 e. The van der Waals surface area contributed by atoms with Crippen molar-refractivity contribution in [3.63, 3.8) is 0 Å². The fraction of sp³-hybridized carbons (Fsp3) is 0.235. The van der Waals surface area contributed by atoms with Crippen LogP contribution in [0.3, 0.4) is 0 Å². The van der Waals surface area contributed by atoms with E-state index in [2.05, 4.69) is 29.3 Å². The Bertz CT molecular complexity index is 586. The molecule has 0 atom stereocenters. The van der Waals surface area contributed by atoms with E-state index in [-0.39, 0.29) is 0 Å². The van der Waals surface area contributed by atoms with Crippen LogP contribution in [-0.4, -0.2) is 11.7 Å². The van der Waals surface area contributed by atoms with E-state index in [1.165, 1.54) is 0 Å². The number of anilines is 2. The summed E-state index contributed by atoms with van der Waals surface area (Å²) in [5.41, 5.74) is 1.93. The second-order valence-electron chi connectivity index (χ2n) is 4.75. The van der Waals surface area contributed by atoms with Crippen LogP contribution in [0.4, 0.5) is 11.4 Å². The quantitative estimate of drug-likeness (QED) is 0.749. The van der Waals surface area contributed by atoms with Gasteiger partial charge in [-0.05, 0) is 42.9 Å². The number of unbranched alkanes of at least 4 members (excludes halogenated alkanes) is 1. The monoisotopic (exact) mass is 318 g/mol. The van der Waals surface area contributed by atoms with Gasteiger partial charge >= 0.3 is 0 Å². The summed E-state index contributed by atoms with van der Waals surface area (Å²) in [6.45, 7) is 3.06. The molecule has 4 heteroatoms. The van der Waals surface area contributed by atoms with Gasteiger partial charge in [0.2, 0.25) is 0 Å². The fourth-order valence-corrected chi connectivity index (χ4v) is 2.51. The lowest BCUT2D eigenvalue weighted by atomic mass is 10.2. The first-order valence-corrected chi connectivity index (χ1v) is 7.89. The Morgan fingerprint density at radius 1 is 1.10 bits per heavy atom. The van der Waals surface area contributed by atoms with E-state index in [9.17, 15) is 0 Å². The molecule has 0 aliphatic rings. The van der Waals surface area contributed by atoms with Gasteiger partial charge in [0.15, 0.2) is 5.11 Å². The van der Waals surface area contributed by atoms with Crippen LogP contribution in [0.25, 0.3) is 0 Å². The number of thiocarbonyl (C=S) groups is 1. The molecule has 0 spiro atoms. The molecule has 0 fully saturated rings. The second kappa shape index (κ2) is 8.01. The minimum Gasteiger partial charge on any atom is -0.331 e. The van der Waals surface area contributed by atoms with Gasteiger partial charge in [0.1, 0.15) is 0 Å². The van der Waals surface area contributed by atoms with Crippen LogP contribution >= 0.6 is 23.8 Å².